The Morgan fingerprint density at radius 3 is 2.94 bits per heavy atom. The zero-order chi connectivity index (χ0) is 23.1. The Bertz CT molecular complexity index is 1230. The van der Waals surface area contributed by atoms with Crippen LogP contribution in [0.4, 0.5) is 10.2 Å². The van der Waals surface area contributed by atoms with Gasteiger partial charge in [0.05, 0.1) is 23.1 Å². The van der Waals surface area contributed by atoms with Crippen LogP contribution in [0.25, 0.3) is 22.4 Å². The van der Waals surface area contributed by atoms with Gasteiger partial charge in [0.2, 0.25) is 5.91 Å². The number of hydrogen-bond donors (Lipinski definition) is 3. The van der Waals surface area contributed by atoms with E-state index in [0.717, 1.165) is 24.4 Å². The second kappa shape index (κ2) is 8.58. The lowest BCUT2D eigenvalue weighted by atomic mass is 9.97. The number of rotatable bonds is 6. The molecule has 1 saturated carbocycles. The summed E-state index contributed by atoms with van der Waals surface area (Å²) in [4.78, 5) is 41.2. The molecular weight excluding hydrogens is 451 g/mol. The summed E-state index contributed by atoms with van der Waals surface area (Å²) in [5.74, 6) is -2.00. The number of anilines is 1. The monoisotopic (exact) mass is 472 g/mol. The van der Waals surface area contributed by atoms with E-state index in [2.05, 4.69) is 25.3 Å². The average molecular weight is 473 g/mol. The van der Waals surface area contributed by atoms with Crippen molar-refractivity contribution < 1.29 is 19.1 Å². The van der Waals surface area contributed by atoms with E-state index < -0.39 is 23.6 Å². The minimum Gasteiger partial charge on any atom is -0.481 e. The molecule has 4 heterocycles. The number of fused-ring (bicyclic) bond motifs is 1. The van der Waals surface area contributed by atoms with Gasteiger partial charge in [-0.1, -0.05) is 11.6 Å². The van der Waals surface area contributed by atoms with Crippen molar-refractivity contribution in [2.45, 2.75) is 19.3 Å². The van der Waals surface area contributed by atoms with Gasteiger partial charge in [-0.25, -0.2) is 19.3 Å². The number of carboxylic acid groups (broad SMARTS) is 1. The molecule has 1 aliphatic carbocycles. The second-order valence-corrected chi connectivity index (χ2v) is 9.04. The fraction of sp³-hybridized carbons (Fsp3) is 0.409. The molecule has 1 saturated heterocycles. The molecular formula is C22H22ClFN6O3. The average Bonchev–Trinajstić information content (AvgIpc) is 3.52. The van der Waals surface area contributed by atoms with Crippen LogP contribution in [0, 0.1) is 23.6 Å². The summed E-state index contributed by atoms with van der Waals surface area (Å²) in [5.41, 5.74) is 1.29. The summed E-state index contributed by atoms with van der Waals surface area (Å²) < 4.78 is 14.4. The molecule has 1 aliphatic heterocycles. The number of likely N-dealkylation sites (tertiary alicyclic amines) is 1. The van der Waals surface area contributed by atoms with Gasteiger partial charge in [-0.15, -0.1) is 0 Å². The number of pyridine rings is 1. The molecule has 0 radical (unpaired) electrons. The van der Waals surface area contributed by atoms with E-state index in [9.17, 15) is 14.0 Å². The summed E-state index contributed by atoms with van der Waals surface area (Å²) >= 11 is 6.06. The Labute approximate surface area is 193 Å². The number of piperidine rings is 1. The van der Waals surface area contributed by atoms with Crippen LogP contribution >= 0.6 is 11.6 Å². The van der Waals surface area contributed by atoms with Crippen molar-refractivity contribution in [1.82, 2.24) is 24.8 Å². The van der Waals surface area contributed by atoms with Crippen molar-refractivity contribution in [3.8, 4) is 11.4 Å². The van der Waals surface area contributed by atoms with Gasteiger partial charge in [-0.2, -0.15) is 0 Å². The third kappa shape index (κ3) is 4.35. The molecule has 3 aromatic heterocycles. The predicted octanol–water partition coefficient (Wildman–Crippen LogP) is 3.18. The number of halogens is 2. The number of aromatic nitrogens is 4. The number of amides is 1. The maximum atomic E-state index is 14.4. The van der Waals surface area contributed by atoms with Crippen LogP contribution in [0.3, 0.4) is 0 Å². The lowest BCUT2D eigenvalue weighted by molar-refractivity contribution is -0.142. The number of aliphatic carboxylic acids is 1. The van der Waals surface area contributed by atoms with Gasteiger partial charge in [0.15, 0.2) is 17.5 Å². The number of carbonyl (C=O) groups excluding carboxylic acids is 1. The predicted molar refractivity (Wildman–Crippen MR) is 119 cm³/mol. The third-order valence-electron chi connectivity index (χ3n) is 6.30. The van der Waals surface area contributed by atoms with Crippen molar-refractivity contribution in [1.29, 1.82) is 0 Å². The number of aromatic amines is 1. The first kappa shape index (κ1) is 21.6. The molecule has 172 valence electrons. The van der Waals surface area contributed by atoms with Gasteiger partial charge in [0.25, 0.3) is 0 Å². The van der Waals surface area contributed by atoms with Crippen molar-refractivity contribution >= 4 is 40.3 Å². The van der Waals surface area contributed by atoms with Gasteiger partial charge >= 0.3 is 5.97 Å². The molecule has 0 bridgehead atoms. The molecule has 11 heteroatoms. The van der Waals surface area contributed by atoms with Crippen LogP contribution in [0.5, 0.6) is 0 Å². The van der Waals surface area contributed by atoms with Crippen LogP contribution < -0.4 is 5.32 Å². The smallest absolute Gasteiger partial charge is 0.307 e. The molecule has 3 aromatic rings. The molecule has 3 atom stereocenters. The van der Waals surface area contributed by atoms with Crippen LogP contribution in [-0.4, -0.2) is 61.5 Å². The SMILES string of the molecule is O=C(O)[C@H]1C[C@H]1C(=O)N1CCC[C@H](CNc2nc(-c3c[nH]c4ncc(Cl)cc34)ncc2F)C1. The first-order chi connectivity index (χ1) is 15.9. The molecule has 2 aliphatic rings. The lowest BCUT2D eigenvalue weighted by Crippen LogP contribution is -2.43. The Balaban J connectivity index is 1.26. The number of nitrogens with one attached hydrogen (secondary N) is 2. The third-order valence-corrected chi connectivity index (χ3v) is 6.50. The first-order valence-corrected chi connectivity index (χ1v) is 11.2. The molecule has 33 heavy (non-hydrogen) atoms. The number of carboxylic acids is 1. The van der Waals surface area contributed by atoms with Gasteiger partial charge in [-0.3, -0.25) is 9.59 Å². The lowest BCUT2D eigenvalue weighted by Gasteiger charge is -2.33. The van der Waals surface area contributed by atoms with E-state index in [1.54, 1.807) is 17.2 Å². The second-order valence-electron chi connectivity index (χ2n) is 8.60. The Hall–Kier alpha value is -3.27. The topological polar surface area (TPSA) is 124 Å². The Morgan fingerprint density at radius 2 is 2.15 bits per heavy atom. The van der Waals surface area contributed by atoms with Gasteiger partial charge in [-0.05, 0) is 31.2 Å². The number of nitrogens with zero attached hydrogens (tertiary/aromatic N) is 4. The van der Waals surface area contributed by atoms with Crippen molar-refractivity contribution in [3.63, 3.8) is 0 Å². The maximum absolute atomic E-state index is 14.4. The largest absolute Gasteiger partial charge is 0.481 e. The van der Waals surface area contributed by atoms with Crippen molar-refractivity contribution in [2.24, 2.45) is 17.8 Å². The highest BCUT2D eigenvalue weighted by molar-refractivity contribution is 6.31. The zero-order valence-corrected chi connectivity index (χ0v) is 18.3. The zero-order valence-electron chi connectivity index (χ0n) is 17.6. The van der Waals surface area contributed by atoms with Crippen LogP contribution in [0.2, 0.25) is 5.02 Å². The van der Waals surface area contributed by atoms with E-state index in [1.165, 1.54) is 6.20 Å². The fourth-order valence-electron chi connectivity index (χ4n) is 4.43. The van der Waals surface area contributed by atoms with Gasteiger partial charge in [0.1, 0.15) is 5.65 Å². The molecule has 0 spiro atoms. The highest BCUT2D eigenvalue weighted by Crippen LogP contribution is 2.40. The molecule has 0 unspecified atom stereocenters. The van der Waals surface area contributed by atoms with Crippen LogP contribution in [0.1, 0.15) is 19.3 Å². The first-order valence-electron chi connectivity index (χ1n) is 10.8. The quantitative estimate of drug-likeness (QED) is 0.503. The van der Waals surface area contributed by atoms with E-state index >= 15 is 0 Å². The van der Waals surface area contributed by atoms with Gasteiger partial charge in [0, 0.05) is 43.0 Å². The molecule has 9 nitrogen and oxygen atoms in total. The molecule has 1 amide bonds. The van der Waals surface area contributed by atoms with Crippen molar-refractivity contribution in [2.75, 3.05) is 25.0 Å². The minimum atomic E-state index is -0.910. The number of carbonyl (C=O) groups is 2. The van der Waals surface area contributed by atoms with E-state index in [-0.39, 0.29) is 17.6 Å². The molecule has 3 N–H and O–H groups in total. The van der Waals surface area contributed by atoms with E-state index in [4.69, 9.17) is 16.7 Å². The number of hydrogen-bond acceptors (Lipinski definition) is 6. The highest BCUT2D eigenvalue weighted by Gasteiger charge is 2.50. The highest BCUT2D eigenvalue weighted by atomic mass is 35.5. The minimum absolute atomic E-state index is 0.0842. The van der Waals surface area contributed by atoms with Crippen molar-refractivity contribution in [3.05, 3.63) is 35.5 Å². The molecule has 5 rings (SSSR count). The van der Waals surface area contributed by atoms with Gasteiger partial charge < -0.3 is 20.3 Å². The summed E-state index contributed by atoms with van der Waals surface area (Å²) in [6, 6.07) is 1.75. The maximum Gasteiger partial charge on any atom is 0.307 e. The summed E-state index contributed by atoms with van der Waals surface area (Å²) in [5, 5.41) is 13.4. The summed E-state index contributed by atoms with van der Waals surface area (Å²) in [6.45, 7) is 1.58. The Kier molecular flexibility index (Phi) is 5.61. The van der Waals surface area contributed by atoms with Crippen LogP contribution in [-0.2, 0) is 9.59 Å². The summed E-state index contributed by atoms with van der Waals surface area (Å²) in [7, 11) is 0. The Morgan fingerprint density at radius 1 is 1.30 bits per heavy atom. The van der Waals surface area contributed by atoms with E-state index in [1.807, 2.05) is 0 Å². The normalized spacial score (nSPS) is 22.4. The molecule has 0 aromatic carbocycles. The standard InChI is InChI=1S/C22H22ClFN6O3/c23-12-4-13-16(8-27-18(13)26-7-12)19-28-9-17(24)20(29-19)25-6-11-2-1-3-30(10-11)21(31)14-5-15(14)22(32)33/h4,7-9,11,14-15H,1-3,5-6,10H2,(H,26,27)(H,32,33)(H,25,28,29)/t11-,14-,15+/m1/s1. The van der Waals surface area contributed by atoms with Crippen LogP contribution in [0.15, 0.2) is 24.7 Å². The number of H-pyrrole nitrogens is 1. The summed E-state index contributed by atoms with van der Waals surface area (Å²) in [6.07, 6.45) is 6.48. The van der Waals surface area contributed by atoms with E-state index in [0.29, 0.717) is 48.1 Å². The molecule has 2 fully saturated rings. The fourth-order valence-corrected chi connectivity index (χ4v) is 4.59.